The summed E-state index contributed by atoms with van der Waals surface area (Å²) in [5.74, 6) is -4.51. The minimum atomic E-state index is -1.10. The highest BCUT2D eigenvalue weighted by molar-refractivity contribution is 5.98. The van der Waals surface area contributed by atoms with Crippen molar-refractivity contribution in [2.45, 2.75) is 19.8 Å². The number of carbonyl (C=O) groups excluding carboxylic acids is 4. The van der Waals surface area contributed by atoms with Crippen molar-refractivity contribution in [2.75, 3.05) is 21.3 Å². The van der Waals surface area contributed by atoms with Gasteiger partial charge in [-0.1, -0.05) is 0 Å². The summed E-state index contributed by atoms with van der Waals surface area (Å²) < 4.78 is 13.5. The van der Waals surface area contributed by atoms with E-state index in [0.717, 1.165) is 14.2 Å². The number of hydrogen-bond donors (Lipinski definition) is 0. The van der Waals surface area contributed by atoms with Gasteiger partial charge in [0.25, 0.3) is 0 Å². The molecule has 0 aromatic heterocycles. The number of esters is 3. The standard InChI is InChI=1S/C12H18O7/c1-7(13)9(12(16)19-4)5-8(11(15)18-3)6-10(14)17-2/h8-9H,5-6H2,1-4H3. The predicted molar refractivity (Wildman–Crippen MR) is 62.9 cm³/mol. The summed E-state index contributed by atoms with van der Waals surface area (Å²) in [5, 5.41) is 0. The van der Waals surface area contributed by atoms with Gasteiger partial charge in [0.05, 0.1) is 33.7 Å². The Morgan fingerprint density at radius 2 is 1.42 bits per heavy atom. The first kappa shape index (κ1) is 17.1. The van der Waals surface area contributed by atoms with Crippen molar-refractivity contribution in [3.8, 4) is 0 Å². The molecule has 0 amide bonds. The molecule has 0 rings (SSSR count). The molecule has 0 aliphatic carbocycles. The van der Waals surface area contributed by atoms with Crippen molar-refractivity contribution in [2.24, 2.45) is 11.8 Å². The quantitative estimate of drug-likeness (QED) is 0.369. The van der Waals surface area contributed by atoms with E-state index < -0.39 is 35.5 Å². The molecule has 0 aromatic carbocycles. The second kappa shape index (κ2) is 8.23. The monoisotopic (exact) mass is 274 g/mol. The zero-order chi connectivity index (χ0) is 15.0. The van der Waals surface area contributed by atoms with Gasteiger partial charge < -0.3 is 14.2 Å². The van der Waals surface area contributed by atoms with E-state index in [9.17, 15) is 19.2 Å². The van der Waals surface area contributed by atoms with E-state index in [4.69, 9.17) is 0 Å². The van der Waals surface area contributed by atoms with Gasteiger partial charge >= 0.3 is 17.9 Å². The molecular formula is C12H18O7. The minimum Gasteiger partial charge on any atom is -0.469 e. The van der Waals surface area contributed by atoms with Crippen LogP contribution in [0.3, 0.4) is 0 Å². The Morgan fingerprint density at radius 1 is 0.895 bits per heavy atom. The van der Waals surface area contributed by atoms with Crippen LogP contribution in [0, 0.1) is 11.8 Å². The number of hydrogen-bond acceptors (Lipinski definition) is 7. The first-order valence-corrected chi connectivity index (χ1v) is 5.60. The van der Waals surface area contributed by atoms with Gasteiger partial charge in [0.15, 0.2) is 0 Å². The Labute approximate surface area is 111 Å². The van der Waals surface area contributed by atoms with Gasteiger partial charge in [-0.2, -0.15) is 0 Å². The maximum absolute atomic E-state index is 11.5. The molecular weight excluding hydrogens is 256 g/mol. The highest BCUT2D eigenvalue weighted by atomic mass is 16.5. The molecule has 0 aliphatic heterocycles. The molecule has 0 spiro atoms. The number of ether oxygens (including phenoxy) is 3. The van der Waals surface area contributed by atoms with Gasteiger partial charge in [-0.05, 0) is 13.3 Å². The Hall–Kier alpha value is -1.92. The summed E-state index contributed by atoms with van der Waals surface area (Å²) >= 11 is 0. The van der Waals surface area contributed by atoms with Crippen molar-refractivity contribution in [3.63, 3.8) is 0 Å². The highest BCUT2D eigenvalue weighted by Gasteiger charge is 2.33. The summed E-state index contributed by atoms with van der Waals surface area (Å²) in [4.78, 5) is 45.6. The second-order valence-electron chi connectivity index (χ2n) is 3.92. The predicted octanol–water partition coefficient (Wildman–Crippen LogP) is 0.107. The lowest BCUT2D eigenvalue weighted by Gasteiger charge is -2.17. The molecule has 2 unspecified atom stereocenters. The molecule has 108 valence electrons. The number of carbonyl (C=O) groups is 4. The first-order valence-electron chi connectivity index (χ1n) is 5.60. The van der Waals surface area contributed by atoms with Gasteiger partial charge in [0.1, 0.15) is 11.7 Å². The van der Waals surface area contributed by atoms with Crippen LogP contribution in [0.1, 0.15) is 19.8 Å². The fourth-order valence-electron chi connectivity index (χ4n) is 1.57. The summed E-state index contributed by atoms with van der Waals surface area (Å²) in [6.07, 6.45) is -0.409. The molecule has 0 fully saturated rings. The van der Waals surface area contributed by atoms with Gasteiger partial charge in [0.2, 0.25) is 0 Å². The lowest BCUT2D eigenvalue weighted by molar-refractivity contribution is -0.156. The van der Waals surface area contributed by atoms with Crippen molar-refractivity contribution < 1.29 is 33.4 Å². The molecule has 2 atom stereocenters. The van der Waals surface area contributed by atoms with Crippen LogP contribution in [-0.4, -0.2) is 45.0 Å². The minimum absolute atomic E-state index is 0.149. The van der Waals surface area contributed by atoms with Crippen molar-refractivity contribution in [3.05, 3.63) is 0 Å². The molecule has 0 aliphatic rings. The molecule has 0 N–H and O–H groups in total. The highest BCUT2D eigenvalue weighted by Crippen LogP contribution is 2.20. The van der Waals surface area contributed by atoms with Crippen molar-refractivity contribution in [1.82, 2.24) is 0 Å². The van der Waals surface area contributed by atoms with Crippen LogP contribution in [0.15, 0.2) is 0 Å². The average molecular weight is 274 g/mol. The Bertz CT molecular complexity index is 361. The summed E-state index contributed by atoms with van der Waals surface area (Å²) in [5.41, 5.74) is 0. The molecule has 0 aromatic rings. The van der Waals surface area contributed by atoms with Gasteiger partial charge in [-0.25, -0.2) is 0 Å². The van der Waals surface area contributed by atoms with Crippen LogP contribution < -0.4 is 0 Å². The third-order valence-electron chi connectivity index (χ3n) is 2.67. The largest absolute Gasteiger partial charge is 0.469 e. The lowest BCUT2D eigenvalue weighted by Crippen LogP contribution is -2.30. The summed E-state index contributed by atoms with van der Waals surface area (Å²) in [7, 11) is 3.48. The molecule has 0 saturated carbocycles. The zero-order valence-electron chi connectivity index (χ0n) is 11.4. The van der Waals surface area contributed by atoms with E-state index in [2.05, 4.69) is 14.2 Å². The normalized spacial score (nSPS) is 13.1. The van der Waals surface area contributed by atoms with E-state index in [1.54, 1.807) is 0 Å². The molecule has 7 nitrogen and oxygen atoms in total. The third kappa shape index (κ3) is 5.50. The molecule has 19 heavy (non-hydrogen) atoms. The van der Waals surface area contributed by atoms with Gasteiger partial charge in [0, 0.05) is 0 Å². The van der Waals surface area contributed by atoms with E-state index in [0.29, 0.717) is 0 Å². The number of ketones is 1. The molecule has 0 saturated heterocycles. The van der Waals surface area contributed by atoms with Crippen LogP contribution in [0.25, 0.3) is 0 Å². The topological polar surface area (TPSA) is 96.0 Å². The first-order chi connectivity index (χ1) is 8.87. The number of rotatable bonds is 7. The van der Waals surface area contributed by atoms with E-state index >= 15 is 0 Å². The smallest absolute Gasteiger partial charge is 0.316 e. The molecule has 7 heteroatoms. The summed E-state index contributed by atoms with van der Waals surface area (Å²) in [6.45, 7) is 1.22. The van der Waals surface area contributed by atoms with E-state index in [-0.39, 0.29) is 12.8 Å². The van der Waals surface area contributed by atoms with Crippen LogP contribution in [-0.2, 0) is 33.4 Å². The second-order valence-corrected chi connectivity index (χ2v) is 3.92. The Kier molecular flexibility index (Phi) is 7.40. The van der Waals surface area contributed by atoms with Gasteiger partial charge in [-0.3, -0.25) is 19.2 Å². The average Bonchev–Trinajstić information content (AvgIpc) is 2.40. The van der Waals surface area contributed by atoms with Crippen LogP contribution in [0.5, 0.6) is 0 Å². The summed E-state index contributed by atoms with van der Waals surface area (Å²) in [6, 6.07) is 0. The molecule has 0 bridgehead atoms. The van der Waals surface area contributed by atoms with Crippen LogP contribution >= 0.6 is 0 Å². The maximum Gasteiger partial charge on any atom is 0.316 e. The van der Waals surface area contributed by atoms with Crippen LogP contribution in [0.4, 0.5) is 0 Å². The Balaban J connectivity index is 4.95. The molecule has 0 heterocycles. The fourth-order valence-corrected chi connectivity index (χ4v) is 1.57. The fraction of sp³-hybridized carbons (Fsp3) is 0.667. The van der Waals surface area contributed by atoms with E-state index in [1.807, 2.05) is 0 Å². The third-order valence-corrected chi connectivity index (χ3v) is 2.67. The van der Waals surface area contributed by atoms with Crippen molar-refractivity contribution in [1.29, 1.82) is 0 Å². The van der Waals surface area contributed by atoms with Crippen molar-refractivity contribution >= 4 is 23.7 Å². The molecule has 0 radical (unpaired) electrons. The SMILES string of the molecule is COC(=O)CC(CC(C(C)=O)C(=O)OC)C(=O)OC. The maximum atomic E-state index is 11.5. The Morgan fingerprint density at radius 3 is 1.79 bits per heavy atom. The van der Waals surface area contributed by atoms with Gasteiger partial charge in [-0.15, -0.1) is 0 Å². The van der Waals surface area contributed by atoms with E-state index in [1.165, 1.54) is 14.0 Å². The number of Topliss-reactive ketones (excluding diaryl/α,β-unsaturated/α-hetero) is 1. The van der Waals surface area contributed by atoms with Crippen LogP contribution in [0.2, 0.25) is 0 Å². The number of methoxy groups -OCH3 is 3. The lowest BCUT2D eigenvalue weighted by atomic mass is 9.89. The zero-order valence-corrected chi connectivity index (χ0v) is 11.4.